The number of amides is 2. The Bertz CT molecular complexity index is 630. The molecule has 2 saturated heterocycles. The van der Waals surface area contributed by atoms with Crippen LogP contribution in [0.1, 0.15) is 13.3 Å². The number of anilines is 1. The molecular weight excluding hydrogens is 337 g/mol. The number of piperazine rings is 1. The maximum atomic E-state index is 12.8. The van der Waals surface area contributed by atoms with E-state index in [9.17, 15) is 9.59 Å². The summed E-state index contributed by atoms with van der Waals surface area (Å²) in [6.45, 7) is 6.61. The monoisotopic (exact) mass is 355 g/mol. The number of halogens is 2. The maximum absolute atomic E-state index is 12.8. The predicted octanol–water partition coefficient (Wildman–Crippen LogP) is 2.26. The van der Waals surface area contributed by atoms with Gasteiger partial charge in [0, 0.05) is 31.2 Å². The zero-order valence-corrected chi connectivity index (χ0v) is 14.5. The van der Waals surface area contributed by atoms with Crippen molar-refractivity contribution in [2.75, 3.05) is 37.6 Å². The van der Waals surface area contributed by atoms with Crippen LogP contribution in [0.25, 0.3) is 0 Å². The number of carbonyl (C=O) groups is 2. The molecule has 0 aliphatic carbocycles. The molecule has 0 saturated carbocycles. The minimum absolute atomic E-state index is 0.191. The van der Waals surface area contributed by atoms with E-state index in [1.54, 1.807) is 18.2 Å². The lowest BCUT2D eigenvalue weighted by Crippen LogP contribution is -2.52. The molecule has 7 heteroatoms. The number of likely N-dealkylation sites (N-methyl/N-ethyl adjacent to an activating group) is 1. The normalized spacial score (nSPS) is 23.8. The van der Waals surface area contributed by atoms with Crippen LogP contribution in [0.4, 0.5) is 5.69 Å². The lowest BCUT2D eigenvalue weighted by molar-refractivity contribution is -0.123. The molecule has 2 aliphatic rings. The lowest BCUT2D eigenvalue weighted by Gasteiger charge is -2.36. The fourth-order valence-corrected chi connectivity index (χ4v) is 3.70. The molecule has 0 N–H and O–H groups in total. The van der Waals surface area contributed by atoms with E-state index in [0.29, 0.717) is 15.7 Å². The molecule has 5 nitrogen and oxygen atoms in total. The Morgan fingerprint density at radius 1 is 1.13 bits per heavy atom. The van der Waals surface area contributed by atoms with Crippen LogP contribution >= 0.6 is 23.2 Å². The molecule has 3 rings (SSSR count). The summed E-state index contributed by atoms with van der Waals surface area (Å²) in [4.78, 5) is 30.8. The number of carbonyl (C=O) groups excluding carboxylic acids is 2. The van der Waals surface area contributed by atoms with Crippen molar-refractivity contribution in [3.63, 3.8) is 0 Å². The third-order valence-corrected chi connectivity index (χ3v) is 5.11. The topological polar surface area (TPSA) is 43.9 Å². The highest BCUT2D eigenvalue weighted by molar-refractivity contribution is 6.38. The van der Waals surface area contributed by atoms with E-state index in [0.717, 1.165) is 32.7 Å². The number of hydrogen-bond acceptors (Lipinski definition) is 4. The van der Waals surface area contributed by atoms with Crippen LogP contribution in [0.5, 0.6) is 0 Å². The van der Waals surface area contributed by atoms with Gasteiger partial charge in [-0.1, -0.05) is 30.1 Å². The van der Waals surface area contributed by atoms with Crippen molar-refractivity contribution in [1.29, 1.82) is 0 Å². The van der Waals surface area contributed by atoms with E-state index in [-0.39, 0.29) is 24.3 Å². The third-order valence-electron chi connectivity index (χ3n) is 4.57. The second-order valence-electron chi connectivity index (χ2n) is 5.85. The minimum Gasteiger partial charge on any atom is -0.301 e. The largest absolute Gasteiger partial charge is 0.301 e. The zero-order valence-electron chi connectivity index (χ0n) is 13.0. The van der Waals surface area contributed by atoms with Gasteiger partial charge in [0.15, 0.2) is 0 Å². The quantitative estimate of drug-likeness (QED) is 0.780. The number of hydrogen-bond donors (Lipinski definition) is 0. The molecular formula is C16H19Cl2N3O2. The first-order valence-corrected chi connectivity index (χ1v) is 8.55. The summed E-state index contributed by atoms with van der Waals surface area (Å²) < 4.78 is 0. The van der Waals surface area contributed by atoms with E-state index in [4.69, 9.17) is 23.2 Å². The van der Waals surface area contributed by atoms with Gasteiger partial charge >= 0.3 is 0 Å². The molecule has 2 heterocycles. The van der Waals surface area contributed by atoms with Gasteiger partial charge in [-0.2, -0.15) is 0 Å². The van der Waals surface area contributed by atoms with E-state index in [1.165, 1.54) is 4.90 Å². The molecule has 23 heavy (non-hydrogen) atoms. The second-order valence-corrected chi connectivity index (χ2v) is 6.70. The minimum atomic E-state index is -0.381. The van der Waals surface area contributed by atoms with E-state index in [2.05, 4.69) is 16.7 Å². The Morgan fingerprint density at radius 2 is 1.83 bits per heavy atom. The second kappa shape index (κ2) is 6.77. The van der Waals surface area contributed by atoms with Gasteiger partial charge in [-0.05, 0) is 24.7 Å². The first kappa shape index (κ1) is 16.7. The summed E-state index contributed by atoms with van der Waals surface area (Å²) in [6.07, 6.45) is 0.212. The fraction of sp³-hybridized carbons (Fsp3) is 0.500. The maximum Gasteiger partial charge on any atom is 0.251 e. The average molecular weight is 356 g/mol. The van der Waals surface area contributed by atoms with Gasteiger partial charge in [0.1, 0.15) is 0 Å². The molecule has 2 aliphatic heterocycles. The Balaban J connectivity index is 1.78. The molecule has 0 spiro atoms. The molecule has 1 atom stereocenters. The third kappa shape index (κ3) is 3.24. The molecule has 124 valence electrons. The van der Waals surface area contributed by atoms with Crippen LogP contribution in [0.3, 0.4) is 0 Å². The Morgan fingerprint density at radius 3 is 2.43 bits per heavy atom. The van der Waals surface area contributed by atoms with Gasteiger partial charge in [-0.15, -0.1) is 0 Å². The van der Waals surface area contributed by atoms with Gasteiger partial charge in [0.2, 0.25) is 5.91 Å². The number of nitrogens with zero attached hydrogens (tertiary/aromatic N) is 3. The van der Waals surface area contributed by atoms with Crippen LogP contribution in [-0.2, 0) is 9.59 Å². The molecule has 1 aromatic rings. The number of rotatable bonds is 3. The highest BCUT2D eigenvalue weighted by Gasteiger charge is 2.43. The van der Waals surface area contributed by atoms with Crippen molar-refractivity contribution >= 4 is 40.7 Å². The van der Waals surface area contributed by atoms with Crippen LogP contribution in [-0.4, -0.2) is 60.4 Å². The van der Waals surface area contributed by atoms with Crippen molar-refractivity contribution in [1.82, 2.24) is 9.80 Å². The van der Waals surface area contributed by atoms with Crippen molar-refractivity contribution in [3.8, 4) is 0 Å². The highest BCUT2D eigenvalue weighted by atomic mass is 35.5. The van der Waals surface area contributed by atoms with Crippen molar-refractivity contribution in [2.24, 2.45) is 0 Å². The molecule has 0 radical (unpaired) electrons. The standard InChI is InChI=1S/C16H19Cl2N3O2/c1-2-19-5-7-20(8-6-19)14-10-15(22)21(16(14)23)13-4-3-11(17)9-12(13)18/h3-4,9,14H,2,5-8,10H2,1H3. The van der Waals surface area contributed by atoms with Crippen molar-refractivity contribution < 1.29 is 9.59 Å². The predicted molar refractivity (Wildman–Crippen MR) is 91.0 cm³/mol. The van der Waals surface area contributed by atoms with Crippen molar-refractivity contribution in [2.45, 2.75) is 19.4 Å². The fourth-order valence-electron chi connectivity index (χ4n) is 3.21. The Hall–Kier alpha value is -1.14. The molecule has 0 aromatic heterocycles. The highest BCUT2D eigenvalue weighted by Crippen LogP contribution is 2.33. The van der Waals surface area contributed by atoms with E-state index in [1.807, 2.05) is 0 Å². The molecule has 2 fully saturated rings. The van der Waals surface area contributed by atoms with Crippen molar-refractivity contribution in [3.05, 3.63) is 28.2 Å². The van der Waals surface area contributed by atoms with Crippen LogP contribution in [0.2, 0.25) is 10.0 Å². The van der Waals surface area contributed by atoms with E-state index >= 15 is 0 Å². The number of benzene rings is 1. The van der Waals surface area contributed by atoms with Gasteiger partial charge in [-0.3, -0.25) is 14.5 Å². The van der Waals surface area contributed by atoms with Crippen LogP contribution in [0.15, 0.2) is 18.2 Å². The first-order valence-electron chi connectivity index (χ1n) is 7.79. The molecule has 1 aromatic carbocycles. The summed E-state index contributed by atoms with van der Waals surface area (Å²) >= 11 is 12.0. The molecule has 0 bridgehead atoms. The lowest BCUT2D eigenvalue weighted by atomic mass is 10.1. The summed E-state index contributed by atoms with van der Waals surface area (Å²) in [5.41, 5.74) is 0.417. The SMILES string of the molecule is CCN1CCN(C2CC(=O)N(c3ccc(Cl)cc3Cl)C2=O)CC1. The zero-order chi connectivity index (χ0) is 16.6. The number of imide groups is 1. The smallest absolute Gasteiger partial charge is 0.251 e. The van der Waals surface area contributed by atoms with Gasteiger partial charge < -0.3 is 4.90 Å². The molecule has 2 amide bonds. The Kier molecular flexibility index (Phi) is 4.92. The average Bonchev–Trinajstić information content (AvgIpc) is 2.83. The summed E-state index contributed by atoms with van der Waals surface area (Å²) in [5.74, 6) is -0.397. The summed E-state index contributed by atoms with van der Waals surface area (Å²) in [7, 11) is 0. The first-order chi connectivity index (χ1) is 11.0. The van der Waals surface area contributed by atoms with Crippen LogP contribution in [0, 0.1) is 0 Å². The summed E-state index contributed by atoms with van der Waals surface area (Å²) in [5, 5.41) is 0.792. The van der Waals surface area contributed by atoms with E-state index < -0.39 is 0 Å². The van der Waals surface area contributed by atoms with Gasteiger partial charge in [0.25, 0.3) is 5.91 Å². The van der Waals surface area contributed by atoms with Crippen LogP contribution < -0.4 is 4.90 Å². The summed E-state index contributed by atoms with van der Waals surface area (Å²) in [6, 6.07) is 4.43. The van der Waals surface area contributed by atoms with Gasteiger partial charge in [-0.25, -0.2) is 4.90 Å². The Labute approximate surface area is 145 Å². The van der Waals surface area contributed by atoms with Gasteiger partial charge in [0.05, 0.1) is 23.2 Å². The molecule has 1 unspecified atom stereocenters.